The van der Waals surface area contributed by atoms with E-state index in [0.29, 0.717) is 26.4 Å². The number of hydrogen-bond acceptors (Lipinski definition) is 5. The van der Waals surface area contributed by atoms with E-state index in [-0.39, 0.29) is 11.3 Å². The second-order valence-electron chi connectivity index (χ2n) is 7.06. The molecular formula is C22H16ClN3O2S. The molecule has 3 aromatic rings. The van der Waals surface area contributed by atoms with Gasteiger partial charge in [-0.2, -0.15) is 0 Å². The van der Waals surface area contributed by atoms with Crippen molar-refractivity contribution >= 4 is 34.8 Å². The molecule has 0 radical (unpaired) electrons. The van der Waals surface area contributed by atoms with Crippen molar-refractivity contribution in [3.8, 4) is 0 Å². The van der Waals surface area contributed by atoms with E-state index in [1.165, 1.54) is 11.3 Å². The Bertz CT molecular complexity index is 1320. The zero-order chi connectivity index (χ0) is 20.0. The summed E-state index contributed by atoms with van der Waals surface area (Å²) in [7, 11) is 0. The number of rotatable bonds is 2. The molecule has 3 heterocycles. The molecule has 144 valence electrons. The molecule has 0 saturated heterocycles. The Morgan fingerprint density at radius 2 is 1.97 bits per heavy atom. The average molecular weight is 422 g/mol. The van der Waals surface area contributed by atoms with Crippen molar-refractivity contribution in [1.82, 2.24) is 9.55 Å². The van der Waals surface area contributed by atoms with Gasteiger partial charge in [0, 0.05) is 29.4 Å². The number of thiazole rings is 1. The van der Waals surface area contributed by atoms with E-state index >= 15 is 0 Å². The molecular weight excluding hydrogens is 406 g/mol. The lowest BCUT2D eigenvalue weighted by atomic mass is 9.86. The quantitative estimate of drug-likeness (QED) is 0.639. The molecule has 0 bridgehead atoms. The van der Waals surface area contributed by atoms with Gasteiger partial charge in [0.25, 0.3) is 5.56 Å². The van der Waals surface area contributed by atoms with E-state index in [0.717, 1.165) is 29.7 Å². The molecule has 5 rings (SSSR count). The average Bonchev–Trinajstić information content (AvgIpc) is 3.03. The van der Waals surface area contributed by atoms with Crippen LogP contribution in [0.2, 0.25) is 5.02 Å². The number of allylic oxidation sites excluding steroid dienone is 2. The van der Waals surface area contributed by atoms with Gasteiger partial charge in [0.2, 0.25) is 0 Å². The third kappa shape index (κ3) is 3.18. The Morgan fingerprint density at radius 1 is 1.14 bits per heavy atom. The summed E-state index contributed by atoms with van der Waals surface area (Å²) in [5.41, 5.74) is 3.00. The topological polar surface area (TPSA) is 64.3 Å². The van der Waals surface area contributed by atoms with Crippen LogP contribution in [-0.2, 0) is 4.79 Å². The van der Waals surface area contributed by atoms with Crippen molar-refractivity contribution in [2.45, 2.75) is 25.3 Å². The molecule has 1 atom stereocenters. The number of benzene rings is 1. The summed E-state index contributed by atoms with van der Waals surface area (Å²) in [6, 6.07) is 10.6. The Morgan fingerprint density at radius 3 is 2.72 bits per heavy atom. The van der Waals surface area contributed by atoms with E-state index in [4.69, 9.17) is 16.6 Å². The largest absolute Gasteiger partial charge is 0.294 e. The maximum Gasteiger partial charge on any atom is 0.271 e. The van der Waals surface area contributed by atoms with Crippen LogP contribution in [0, 0.1) is 0 Å². The first kappa shape index (κ1) is 18.2. The standard InChI is InChI=1S/C22H16ClN3O2S/c23-15-8-6-14(7-9-15)20-19-16(4-1-5-17(19)27)25-22-26(20)21(28)18(29-22)11-13-3-2-10-24-12-13/h2-3,6-12,20H,1,4-5H2/b18-11-/t20-/m0/s1. The smallest absolute Gasteiger partial charge is 0.271 e. The number of nitrogens with zero attached hydrogens (tertiary/aromatic N) is 3. The first-order chi connectivity index (χ1) is 14.1. The van der Waals surface area contributed by atoms with E-state index in [9.17, 15) is 9.59 Å². The van der Waals surface area contributed by atoms with Gasteiger partial charge in [-0.05, 0) is 48.2 Å². The molecule has 2 aromatic heterocycles. The van der Waals surface area contributed by atoms with E-state index in [1.54, 1.807) is 29.1 Å². The third-order valence-corrected chi connectivity index (χ3v) is 6.43. The molecule has 0 N–H and O–H groups in total. The summed E-state index contributed by atoms with van der Waals surface area (Å²) in [4.78, 5) is 35.6. The first-order valence-corrected chi connectivity index (χ1v) is 10.5. The van der Waals surface area contributed by atoms with Gasteiger partial charge < -0.3 is 0 Å². The maximum absolute atomic E-state index is 13.4. The molecule has 5 nitrogen and oxygen atoms in total. The van der Waals surface area contributed by atoms with Crippen molar-refractivity contribution < 1.29 is 4.79 Å². The van der Waals surface area contributed by atoms with Crippen molar-refractivity contribution in [3.05, 3.63) is 95.9 Å². The van der Waals surface area contributed by atoms with Crippen LogP contribution >= 0.6 is 22.9 Å². The molecule has 0 amide bonds. The highest BCUT2D eigenvalue weighted by molar-refractivity contribution is 7.07. The van der Waals surface area contributed by atoms with Crippen LogP contribution in [0.15, 0.2) is 69.8 Å². The van der Waals surface area contributed by atoms with E-state index in [1.807, 2.05) is 30.3 Å². The van der Waals surface area contributed by atoms with Crippen LogP contribution in [0.4, 0.5) is 0 Å². The zero-order valence-electron chi connectivity index (χ0n) is 15.3. The van der Waals surface area contributed by atoms with Gasteiger partial charge in [-0.25, -0.2) is 4.99 Å². The van der Waals surface area contributed by atoms with Crippen molar-refractivity contribution in [1.29, 1.82) is 0 Å². The fourth-order valence-electron chi connectivity index (χ4n) is 3.88. The second-order valence-corrected chi connectivity index (χ2v) is 8.50. The van der Waals surface area contributed by atoms with E-state index < -0.39 is 6.04 Å². The van der Waals surface area contributed by atoms with Gasteiger partial charge in [0.1, 0.15) is 0 Å². The van der Waals surface area contributed by atoms with Gasteiger partial charge in [-0.1, -0.05) is 41.1 Å². The highest BCUT2D eigenvalue weighted by Crippen LogP contribution is 2.36. The number of pyridine rings is 1. The molecule has 29 heavy (non-hydrogen) atoms. The number of halogens is 1. The second kappa shape index (κ2) is 7.21. The molecule has 1 aromatic carbocycles. The molecule has 0 spiro atoms. The van der Waals surface area contributed by atoms with Gasteiger partial charge >= 0.3 is 0 Å². The summed E-state index contributed by atoms with van der Waals surface area (Å²) in [6.07, 6.45) is 7.25. The van der Waals surface area contributed by atoms with Gasteiger partial charge in [-0.15, -0.1) is 0 Å². The summed E-state index contributed by atoms with van der Waals surface area (Å²) in [5.74, 6) is 0.0662. The summed E-state index contributed by atoms with van der Waals surface area (Å²) in [5, 5.41) is 0.613. The molecule has 0 fully saturated rings. The van der Waals surface area contributed by atoms with Crippen LogP contribution in [0.5, 0.6) is 0 Å². The van der Waals surface area contributed by atoms with Crippen molar-refractivity contribution in [3.63, 3.8) is 0 Å². The fraction of sp³-hybridized carbons (Fsp3) is 0.182. The number of fused-ring (bicyclic) bond motifs is 1. The summed E-state index contributed by atoms with van der Waals surface area (Å²) in [6.45, 7) is 0. The van der Waals surface area contributed by atoms with Crippen LogP contribution in [0.3, 0.4) is 0 Å². The number of carbonyl (C=O) groups excluding carboxylic acids is 1. The predicted molar refractivity (Wildman–Crippen MR) is 113 cm³/mol. The highest BCUT2D eigenvalue weighted by Gasteiger charge is 2.34. The zero-order valence-corrected chi connectivity index (χ0v) is 16.9. The molecule has 7 heteroatoms. The Hall–Kier alpha value is -2.83. The lowest BCUT2D eigenvalue weighted by molar-refractivity contribution is -0.116. The summed E-state index contributed by atoms with van der Waals surface area (Å²) >= 11 is 7.41. The number of hydrogen-bond donors (Lipinski definition) is 0. The van der Waals surface area contributed by atoms with Crippen LogP contribution in [0.25, 0.3) is 6.08 Å². The molecule has 0 unspecified atom stereocenters. The third-order valence-electron chi connectivity index (χ3n) is 5.20. The molecule has 1 aliphatic carbocycles. The number of aromatic nitrogens is 2. The first-order valence-electron chi connectivity index (χ1n) is 9.35. The Kier molecular flexibility index (Phi) is 4.53. The minimum absolute atomic E-state index is 0.0662. The van der Waals surface area contributed by atoms with Gasteiger partial charge in [0.05, 0.1) is 16.3 Å². The Labute approximate surface area is 175 Å². The normalized spacial score (nSPS) is 19.0. The monoisotopic (exact) mass is 421 g/mol. The number of Topliss-reactive ketones (excluding diaryl/α,β-unsaturated/α-hetero) is 1. The van der Waals surface area contributed by atoms with Crippen molar-refractivity contribution in [2.75, 3.05) is 0 Å². The lowest BCUT2D eigenvalue weighted by Gasteiger charge is -2.28. The fourth-order valence-corrected chi connectivity index (χ4v) is 5.03. The highest BCUT2D eigenvalue weighted by atomic mass is 35.5. The van der Waals surface area contributed by atoms with Crippen molar-refractivity contribution in [2.24, 2.45) is 4.99 Å². The predicted octanol–water partition coefficient (Wildman–Crippen LogP) is 3.02. The minimum atomic E-state index is -0.470. The van der Waals surface area contributed by atoms with Crippen LogP contribution < -0.4 is 14.9 Å². The van der Waals surface area contributed by atoms with Crippen LogP contribution in [-0.4, -0.2) is 15.3 Å². The van der Waals surface area contributed by atoms with Gasteiger partial charge in [0.15, 0.2) is 10.6 Å². The molecule has 2 aliphatic rings. The number of carbonyl (C=O) groups is 1. The van der Waals surface area contributed by atoms with Crippen LogP contribution in [0.1, 0.15) is 36.4 Å². The summed E-state index contributed by atoms with van der Waals surface area (Å²) < 4.78 is 2.22. The lowest BCUT2D eigenvalue weighted by Crippen LogP contribution is -2.40. The maximum atomic E-state index is 13.4. The minimum Gasteiger partial charge on any atom is -0.294 e. The van der Waals surface area contributed by atoms with Gasteiger partial charge in [-0.3, -0.25) is 19.1 Å². The number of ketones is 1. The molecule has 1 aliphatic heterocycles. The Balaban J connectivity index is 1.77. The van der Waals surface area contributed by atoms with E-state index in [2.05, 4.69) is 4.98 Å². The SMILES string of the molecule is O=C1CCCC2=C1[C@H](c1ccc(Cl)cc1)n1c(s/c(=C\c3cccnc3)c1=O)=N2. The molecule has 0 saturated carbocycles.